The Balaban J connectivity index is 3.49. The normalized spacial score (nSPS) is 12.6. The molecule has 1 amide bonds. The number of rotatable bonds is 53. The van der Waals surface area contributed by atoms with Crippen LogP contribution >= 0.6 is 0 Å². The van der Waals surface area contributed by atoms with Gasteiger partial charge in [-0.05, 0) is 32.1 Å². The number of carbonyl (C=O) groups excluding carboxylic acids is 2. The molecule has 0 aliphatic rings. The third kappa shape index (κ3) is 49.9. The molecule has 0 saturated heterocycles. The number of hydrogen-bond donors (Lipinski definition) is 3. The Hall–Kier alpha value is -1.40. The minimum atomic E-state index is -0.856. The number of carbonyl (C=O) groups is 2. The summed E-state index contributed by atoms with van der Waals surface area (Å²) in [6.07, 6.45) is 62.3. The monoisotopic (exact) mass is 890 g/mol. The van der Waals surface area contributed by atoms with Crippen LogP contribution in [0, 0.1) is 0 Å². The number of ether oxygens (including phenoxy) is 1. The molecule has 0 spiro atoms. The first-order valence-electron chi connectivity index (χ1n) is 28.5. The zero-order valence-electron chi connectivity index (χ0n) is 42.6. The van der Waals surface area contributed by atoms with Crippen molar-refractivity contribution in [3.63, 3.8) is 0 Å². The van der Waals surface area contributed by atoms with E-state index in [-0.39, 0.29) is 18.5 Å². The summed E-state index contributed by atoms with van der Waals surface area (Å²) in [5.74, 6) is -0.0970. The van der Waals surface area contributed by atoms with Crippen molar-refractivity contribution in [2.45, 2.75) is 328 Å². The second-order valence-corrected chi connectivity index (χ2v) is 19.6. The van der Waals surface area contributed by atoms with Crippen LogP contribution in [-0.4, -0.2) is 47.4 Å². The van der Waals surface area contributed by atoms with Crippen LogP contribution < -0.4 is 5.32 Å². The predicted molar refractivity (Wildman–Crippen MR) is 273 cm³/mol. The van der Waals surface area contributed by atoms with Gasteiger partial charge in [0.25, 0.3) is 0 Å². The van der Waals surface area contributed by atoms with Gasteiger partial charge >= 0.3 is 5.97 Å². The lowest BCUT2D eigenvalue weighted by Crippen LogP contribution is -2.45. The molecule has 0 aromatic heterocycles. The number of aliphatic hydroxyl groups excluding tert-OH is 2. The first-order chi connectivity index (χ1) is 31.0. The molecule has 6 heteroatoms. The average Bonchev–Trinajstić information content (AvgIpc) is 3.28. The molecule has 6 nitrogen and oxygen atoms in total. The van der Waals surface area contributed by atoms with Crippen molar-refractivity contribution >= 4 is 11.9 Å². The van der Waals surface area contributed by atoms with Crippen molar-refractivity contribution in [1.82, 2.24) is 5.32 Å². The molecule has 0 aromatic rings. The standard InChI is InChI=1S/C57H111NO5/c1-3-5-7-9-11-13-15-17-18-19-20-21-22-23-24-25-26-27-29-33-37-41-45-49-55(60)54(53-59)58-56(61)50-46-42-38-34-30-28-32-36-40-44-48-52-63-57(62)51-47-43-39-35-31-16-14-12-10-8-6-4-2/h45,49,54-55,59-60H,3-44,46-48,50-53H2,1-2H3,(H,58,61)/b49-45+. The van der Waals surface area contributed by atoms with Gasteiger partial charge in [0.05, 0.1) is 25.4 Å². The molecule has 3 N–H and O–H groups in total. The van der Waals surface area contributed by atoms with E-state index in [4.69, 9.17) is 4.74 Å². The molecule has 0 bridgehead atoms. The maximum atomic E-state index is 12.5. The van der Waals surface area contributed by atoms with Crippen LogP contribution in [0.15, 0.2) is 12.2 Å². The SMILES string of the molecule is CCCCCCCCCCCCCCCCCCCCCCC/C=C/C(O)C(CO)NC(=O)CCCCCCCCCCCCCOC(=O)CCCCCCCCCCCCCC. The Morgan fingerprint density at radius 3 is 1.08 bits per heavy atom. The molecule has 2 atom stereocenters. The third-order valence-electron chi connectivity index (χ3n) is 13.3. The molecule has 2 unspecified atom stereocenters. The smallest absolute Gasteiger partial charge is 0.305 e. The average molecular weight is 891 g/mol. The van der Waals surface area contributed by atoms with Crippen LogP contribution in [0.25, 0.3) is 0 Å². The minimum Gasteiger partial charge on any atom is -0.466 e. The van der Waals surface area contributed by atoms with Crippen molar-refractivity contribution in [1.29, 1.82) is 0 Å². The van der Waals surface area contributed by atoms with Gasteiger partial charge in [-0.25, -0.2) is 0 Å². The molecule has 0 aliphatic heterocycles. The van der Waals surface area contributed by atoms with Gasteiger partial charge < -0.3 is 20.3 Å². The highest BCUT2D eigenvalue weighted by Gasteiger charge is 2.18. The number of unbranched alkanes of at least 4 members (excludes halogenated alkanes) is 42. The predicted octanol–water partition coefficient (Wildman–Crippen LogP) is 17.3. The van der Waals surface area contributed by atoms with E-state index >= 15 is 0 Å². The van der Waals surface area contributed by atoms with Gasteiger partial charge in [0.15, 0.2) is 0 Å². The van der Waals surface area contributed by atoms with Crippen LogP contribution in [0.4, 0.5) is 0 Å². The number of aliphatic hydroxyl groups is 2. The van der Waals surface area contributed by atoms with E-state index in [0.29, 0.717) is 19.4 Å². The van der Waals surface area contributed by atoms with E-state index in [0.717, 1.165) is 57.8 Å². The number of hydrogen-bond acceptors (Lipinski definition) is 5. The topological polar surface area (TPSA) is 95.9 Å². The summed E-state index contributed by atoms with van der Waals surface area (Å²) in [7, 11) is 0. The highest BCUT2D eigenvalue weighted by atomic mass is 16.5. The molecule has 63 heavy (non-hydrogen) atoms. The highest BCUT2D eigenvalue weighted by Crippen LogP contribution is 2.17. The summed E-state index contributed by atoms with van der Waals surface area (Å²) in [5, 5.41) is 23.2. The quantitative estimate of drug-likeness (QED) is 0.0321. The number of allylic oxidation sites excluding steroid dienone is 1. The van der Waals surface area contributed by atoms with E-state index in [1.54, 1.807) is 6.08 Å². The number of esters is 1. The first kappa shape index (κ1) is 61.6. The van der Waals surface area contributed by atoms with Gasteiger partial charge in [-0.3, -0.25) is 9.59 Å². The van der Waals surface area contributed by atoms with Crippen LogP contribution in [0.1, 0.15) is 316 Å². The third-order valence-corrected chi connectivity index (χ3v) is 13.3. The molecule has 374 valence electrons. The van der Waals surface area contributed by atoms with Crippen molar-refractivity contribution in [3.8, 4) is 0 Å². The maximum absolute atomic E-state index is 12.5. The molecular formula is C57H111NO5. The summed E-state index contributed by atoms with van der Waals surface area (Å²) >= 11 is 0. The largest absolute Gasteiger partial charge is 0.466 e. The van der Waals surface area contributed by atoms with Gasteiger partial charge in [-0.15, -0.1) is 0 Å². The Morgan fingerprint density at radius 1 is 0.429 bits per heavy atom. The Kier molecular flexibility index (Phi) is 52.0. The Bertz CT molecular complexity index is 939. The number of nitrogens with one attached hydrogen (secondary N) is 1. The first-order valence-corrected chi connectivity index (χ1v) is 28.5. The molecule has 0 rings (SSSR count). The van der Waals surface area contributed by atoms with Gasteiger partial charge in [0.2, 0.25) is 5.91 Å². The summed E-state index contributed by atoms with van der Waals surface area (Å²) < 4.78 is 5.45. The van der Waals surface area contributed by atoms with Crippen molar-refractivity contribution < 1.29 is 24.5 Å². The second-order valence-electron chi connectivity index (χ2n) is 19.6. The van der Waals surface area contributed by atoms with E-state index < -0.39 is 12.1 Å². The van der Waals surface area contributed by atoms with Crippen LogP contribution in [0.3, 0.4) is 0 Å². The molecular weight excluding hydrogens is 779 g/mol. The summed E-state index contributed by atoms with van der Waals surface area (Å²) in [5.41, 5.74) is 0. The lowest BCUT2D eigenvalue weighted by Gasteiger charge is -2.20. The van der Waals surface area contributed by atoms with E-state index in [9.17, 15) is 19.8 Å². The molecule has 0 aromatic carbocycles. The molecule has 0 aliphatic carbocycles. The summed E-state index contributed by atoms with van der Waals surface area (Å²) in [6.45, 7) is 4.88. The fourth-order valence-corrected chi connectivity index (χ4v) is 8.93. The minimum absolute atomic E-state index is 0.0138. The summed E-state index contributed by atoms with van der Waals surface area (Å²) in [6, 6.07) is -0.641. The van der Waals surface area contributed by atoms with Gasteiger partial charge in [0, 0.05) is 12.8 Å². The van der Waals surface area contributed by atoms with Crippen molar-refractivity contribution in [3.05, 3.63) is 12.2 Å². The second kappa shape index (κ2) is 53.2. The molecule has 0 saturated carbocycles. The number of amides is 1. The van der Waals surface area contributed by atoms with Gasteiger partial charge in [-0.2, -0.15) is 0 Å². The van der Waals surface area contributed by atoms with Gasteiger partial charge in [0.1, 0.15) is 0 Å². The van der Waals surface area contributed by atoms with E-state index in [2.05, 4.69) is 19.2 Å². The van der Waals surface area contributed by atoms with Crippen LogP contribution in [0.5, 0.6) is 0 Å². The van der Waals surface area contributed by atoms with E-state index in [1.807, 2.05) is 6.08 Å². The van der Waals surface area contributed by atoms with Crippen molar-refractivity contribution in [2.24, 2.45) is 0 Å². The summed E-state index contributed by atoms with van der Waals surface area (Å²) in [4.78, 5) is 24.5. The molecule has 0 heterocycles. The lowest BCUT2D eigenvalue weighted by molar-refractivity contribution is -0.143. The Morgan fingerprint density at radius 2 is 0.730 bits per heavy atom. The van der Waals surface area contributed by atoms with Crippen LogP contribution in [0.2, 0.25) is 0 Å². The van der Waals surface area contributed by atoms with E-state index in [1.165, 1.54) is 231 Å². The zero-order valence-corrected chi connectivity index (χ0v) is 42.6. The zero-order chi connectivity index (χ0) is 45.8. The lowest BCUT2D eigenvalue weighted by atomic mass is 10.0. The van der Waals surface area contributed by atoms with Crippen LogP contribution in [-0.2, 0) is 14.3 Å². The highest BCUT2D eigenvalue weighted by molar-refractivity contribution is 5.76. The molecule has 0 fully saturated rings. The van der Waals surface area contributed by atoms with Crippen molar-refractivity contribution in [2.75, 3.05) is 13.2 Å². The Labute approximate surface area is 393 Å². The fourth-order valence-electron chi connectivity index (χ4n) is 8.93. The fraction of sp³-hybridized carbons (Fsp3) is 0.930. The molecule has 0 radical (unpaired) electrons. The van der Waals surface area contributed by atoms with Gasteiger partial charge in [-0.1, -0.05) is 283 Å². The maximum Gasteiger partial charge on any atom is 0.305 e.